The fourth-order valence-corrected chi connectivity index (χ4v) is 1.81. The van der Waals surface area contributed by atoms with Crippen LogP contribution in [0.3, 0.4) is 0 Å². The van der Waals surface area contributed by atoms with Crippen LogP contribution >= 0.6 is 0 Å². The van der Waals surface area contributed by atoms with E-state index in [1.807, 2.05) is 32.9 Å². The van der Waals surface area contributed by atoms with E-state index in [1.54, 1.807) is 0 Å². The molecule has 0 saturated heterocycles. The van der Waals surface area contributed by atoms with Crippen LogP contribution < -0.4 is 4.74 Å². The summed E-state index contributed by atoms with van der Waals surface area (Å²) in [6, 6.07) is 8.25. The molecule has 0 saturated carbocycles. The Balaban J connectivity index is 0.00000172. The average Bonchev–Trinajstić information content (AvgIpc) is 2.49. The minimum absolute atomic E-state index is 0.828. The van der Waals surface area contributed by atoms with E-state index in [-0.39, 0.29) is 0 Å². The molecule has 0 spiro atoms. The average molecular weight is 280 g/mol. The van der Waals surface area contributed by atoms with Gasteiger partial charge in [0.25, 0.3) is 0 Å². The summed E-state index contributed by atoms with van der Waals surface area (Å²) in [7, 11) is 0. The molecule has 20 heavy (non-hydrogen) atoms. The van der Waals surface area contributed by atoms with Gasteiger partial charge in [0.2, 0.25) is 0 Å². The van der Waals surface area contributed by atoms with Crippen molar-refractivity contribution in [2.24, 2.45) is 0 Å². The predicted molar refractivity (Wildman–Crippen MR) is 87.6 cm³/mol. The Kier molecular flexibility index (Phi) is 13.7. The standard InChI is InChI=1S/C16H26O2.C2H6/c1-3-17-13-7-5-4-6-8-14-18-16-11-9-15(2)10-12-16;1-2/h9-12H,3-8,13-14H2,1-2H3;1-2H3. The van der Waals surface area contributed by atoms with Crippen molar-refractivity contribution in [1.29, 1.82) is 0 Å². The zero-order valence-electron chi connectivity index (χ0n) is 13.8. The highest BCUT2D eigenvalue weighted by Crippen LogP contribution is 2.12. The predicted octanol–water partition coefficient (Wildman–Crippen LogP) is 5.39. The second kappa shape index (κ2) is 14.4. The minimum atomic E-state index is 0.828. The highest BCUT2D eigenvalue weighted by atomic mass is 16.5. The van der Waals surface area contributed by atoms with Crippen LogP contribution in [-0.4, -0.2) is 19.8 Å². The first-order valence-corrected chi connectivity index (χ1v) is 8.10. The molecule has 0 aromatic heterocycles. The molecule has 1 aromatic carbocycles. The molecule has 0 heterocycles. The summed E-state index contributed by atoms with van der Waals surface area (Å²) >= 11 is 0. The van der Waals surface area contributed by atoms with Gasteiger partial charge < -0.3 is 9.47 Å². The molecule has 0 bridgehead atoms. The Bertz CT molecular complexity index is 293. The molecule has 1 aromatic rings. The molecule has 0 radical (unpaired) electrons. The first-order chi connectivity index (χ1) is 9.83. The zero-order chi connectivity index (χ0) is 15.1. The van der Waals surface area contributed by atoms with Gasteiger partial charge in [0.15, 0.2) is 0 Å². The molecule has 2 nitrogen and oxygen atoms in total. The van der Waals surface area contributed by atoms with Gasteiger partial charge in [-0.05, 0) is 38.8 Å². The van der Waals surface area contributed by atoms with Crippen molar-refractivity contribution in [2.75, 3.05) is 19.8 Å². The topological polar surface area (TPSA) is 18.5 Å². The molecule has 1 rings (SSSR count). The molecule has 116 valence electrons. The van der Waals surface area contributed by atoms with E-state index in [2.05, 4.69) is 19.1 Å². The Morgan fingerprint density at radius 1 is 0.800 bits per heavy atom. The molecule has 0 fully saturated rings. The van der Waals surface area contributed by atoms with Crippen LogP contribution in [0.2, 0.25) is 0 Å². The smallest absolute Gasteiger partial charge is 0.119 e. The summed E-state index contributed by atoms with van der Waals surface area (Å²) in [4.78, 5) is 0. The number of aryl methyl sites for hydroxylation is 1. The summed E-state index contributed by atoms with van der Waals surface area (Å²) < 4.78 is 11.0. The zero-order valence-corrected chi connectivity index (χ0v) is 13.8. The van der Waals surface area contributed by atoms with Gasteiger partial charge in [0.1, 0.15) is 5.75 Å². The highest BCUT2D eigenvalue weighted by molar-refractivity contribution is 5.26. The summed E-state index contributed by atoms with van der Waals surface area (Å²) in [5.74, 6) is 0.983. The van der Waals surface area contributed by atoms with E-state index in [1.165, 1.54) is 31.2 Å². The van der Waals surface area contributed by atoms with Gasteiger partial charge in [0.05, 0.1) is 6.61 Å². The number of rotatable bonds is 10. The van der Waals surface area contributed by atoms with Gasteiger partial charge in [-0.25, -0.2) is 0 Å². The monoisotopic (exact) mass is 280 g/mol. The molecule has 0 aliphatic heterocycles. The van der Waals surface area contributed by atoms with Gasteiger partial charge in [0, 0.05) is 13.2 Å². The second-order valence-electron chi connectivity index (χ2n) is 4.63. The maximum Gasteiger partial charge on any atom is 0.119 e. The maximum atomic E-state index is 5.68. The molecule has 2 heteroatoms. The molecule has 0 unspecified atom stereocenters. The summed E-state index contributed by atoms with van der Waals surface area (Å²) in [5, 5.41) is 0. The maximum absolute atomic E-state index is 5.68. The van der Waals surface area contributed by atoms with Gasteiger partial charge in [-0.3, -0.25) is 0 Å². The van der Waals surface area contributed by atoms with Crippen molar-refractivity contribution in [1.82, 2.24) is 0 Å². The van der Waals surface area contributed by atoms with Crippen LogP contribution in [0.4, 0.5) is 0 Å². The van der Waals surface area contributed by atoms with Crippen LogP contribution in [-0.2, 0) is 4.74 Å². The van der Waals surface area contributed by atoms with E-state index >= 15 is 0 Å². The third kappa shape index (κ3) is 10.9. The second-order valence-corrected chi connectivity index (χ2v) is 4.63. The van der Waals surface area contributed by atoms with Crippen LogP contribution in [0.15, 0.2) is 24.3 Å². The summed E-state index contributed by atoms with van der Waals surface area (Å²) in [6.45, 7) is 10.7. The first kappa shape index (κ1) is 19.0. The lowest BCUT2D eigenvalue weighted by Crippen LogP contribution is -1.97. The third-order valence-corrected chi connectivity index (χ3v) is 2.93. The normalized spacial score (nSPS) is 9.80. The van der Waals surface area contributed by atoms with E-state index in [4.69, 9.17) is 9.47 Å². The van der Waals surface area contributed by atoms with E-state index in [9.17, 15) is 0 Å². The largest absolute Gasteiger partial charge is 0.494 e. The quantitative estimate of drug-likeness (QED) is 0.535. The van der Waals surface area contributed by atoms with E-state index < -0.39 is 0 Å². The lowest BCUT2D eigenvalue weighted by molar-refractivity contribution is 0.142. The Morgan fingerprint density at radius 2 is 1.35 bits per heavy atom. The van der Waals surface area contributed by atoms with Crippen LogP contribution in [0.25, 0.3) is 0 Å². The van der Waals surface area contributed by atoms with Crippen LogP contribution in [0.5, 0.6) is 5.75 Å². The van der Waals surface area contributed by atoms with Crippen molar-refractivity contribution >= 4 is 0 Å². The fourth-order valence-electron chi connectivity index (χ4n) is 1.81. The number of unbranched alkanes of at least 4 members (excludes halogenated alkanes) is 4. The Labute approximate surface area is 125 Å². The minimum Gasteiger partial charge on any atom is -0.494 e. The fraction of sp³-hybridized carbons (Fsp3) is 0.667. The Morgan fingerprint density at radius 3 is 1.95 bits per heavy atom. The molecule has 0 atom stereocenters. The number of hydrogen-bond donors (Lipinski definition) is 0. The first-order valence-electron chi connectivity index (χ1n) is 8.10. The number of hydrogen-bond acceptors (Lipinski definition) is 2. The van der Waals surface area contributed by atoms with Crippen LogP contribution in [0.1, 0.15) is 58.4 Å². The van der Waals surface area contributed by atoms with Gasteiger partial charge in [-0.1, -0.05) is 50.8 Å². The molecule has 0 aliphatic carbocycles. The van der Waals surface area contributed by atoms with Gasteiger partial charge >= 0.3 is 0 Å². The SMILES string of the molecule is CC.CCOCCCCCCCOc1ccc(C)cc1. The molecule has 0 amide bonds. The molecular formula is C18H32O2. The van der Waals surface area contributed by atoms with E-state index in [0.717, 1.165) is 32.0 Å². The lowest BCUT2D eigenvalue weighted by atomic mass is 10.1. The van der Waals surface area contributed by atoms with Crippen molar-refractivity contribution in [3.63, 3.8) is 0 Å². The van der Waals surface area contributed by atoms with Crippen molar-refractivity contribution in [2.45, 2.75) is 59.8 Å². The number of ether oxygens (including phenoxy) is 2. The summed E-state index contributed by atoms with van der Waals surface area (Å²) in [6.07, 6.45) is 6.13. The van der Waals surface area contributed by atoms with Crippen molar-refractivity contribution < 1.29 is 9.47 Å². The molecular weight excluding hydrogens is 248 g/mol. The third-order valence-electron chi connectivity index (χ3n) is 2.93. The van der Waals surface area contributed by atoms with Gasteiger partial charge in [-0.15, -0.1) is 0 Å². The Hall–Kier alpha value is -1.02. The molecule has 0 aliphatic rings. The van der Waals surface area contributed by atoms with E-state index in [0.29, 0.717) is 0 Å². The number of benzene rings is 1. The lowest BCUT2D eigenvalue weighted by Gasteiger charge is -2.06. The molecule has 0 N–H and O–H groups in total. The summed E-state index contributed by atoms with van der Waals surface area (Å²) in [5.41, 5.74) is 1.27. The van der Waals surface area contributed by atoms with Crippen LogP contribution in [0, 0.1) is 6.92 Å². The van der Waals surface area contributed by atoms with Crippen molar-refractivity contribution in [3.8, 4) is 5.75 Å². The van der Waals surface area contributed by atoms with Gasteiger partial charge in [-0.2, -0.15) is 0 Å². The highest BCUT2D eigenvalue weighted by Gasteiger charge is 1.94. The van der Waals surface area contributed by atoms with Crippen molar-refractivity contribution in [3.05, 3.63) is 29.8 Å².